The number of carbonyl (C=O) groups is 3. The first-order valence-electron chi connectivity index (χ1n) is 11.7. The molecule has 3 rings (SSSR count). The molecule has 8 nitrogen and oxygen atoms in total. The van der Waals surface area contributed by atoms with E-state index in [9.17, 15) is 19.5 Å². The van der Waals surface area contributed by atoms with E-state index in [0.717, 1.165) is 5.56 Å². The van der Waals surface area contributed by atoms with Crippen molar-refractivity contribution in [3.8, 4) is 5.75 Å². The molecule has 188 valence electrons. The summed E-state index contributed by atoms with van der Waals surface area (Å²) in [5.74, 6) is -0.670. The summed E-state index contributed by atoms with van der Waals surface area (Å²) < 4.78 is 0. The normalized spacial score (nSPS) is 11.9. The summed E-state index contributed by atoms with van der Waals surface area (Å²) in [5.41, 5.74) is 1.43. The van der Waals surface area contributed by atoms with Crippen LogP contribution in [0.2, 0.25) is 0 Å². The minimum absolute atomic E-state index is 0.0494. The zero-order valence-corrected chi connectivity index (χ0v) is 21.0. The van der Waals surface area contributed by atoms with E-state index in [1.165, 1.54) is 17.0 Å². The predicted molar refractivity (Wildman–Crippen MR) is 140 cm³/mol. The summed E-state index contributed by atoms with van der Waals surface area (Å²) >= 11 is 0. The SMILES string of the molecule is Cc1cccc(N(C(=O)CCC(=O)Nc2ccccn2)C(C(=O)NC(C)(C)C)c2ccc(O)cc2)c1. The topological polar surface area (TPSA) is 112 Å². The average molecular weight is 489 g/mol. The Hall–Kier alpha value is -4.20. The number of amides is 3. The Morgan fingerprint density at radius 2 is 1.69 bits per heavy atom. The van der Waals surface area contributed by atoms with E-state index in [0.29, 0.717) is 17.1 Å². The molecule has 36 heavy (non-hydrogen) atoms. The molecule has 0 saturated carbocycles. The first kappa shape index (κ1) is 26.4. The van der Waals surface area contributed by atoms with Gasteiger partial charge < -0.3 is 15.7 Å². The number of aromatic hydroxyl groups is 1. The molecule has 3 amide bonds. The number of benzene rings is 2. The first-order valence-corrected chi connectivity index (χ1v) is 11.7. The molecule has 1 unspecified atom stereocenters. The third kappa shape index (κ3) is 7.40. The highest BCUT2D eigenvalue weighted by atomic mass is 16.3. The monoisotopic (exact) mass is 488 g/mol. The molecule has 0 fully saturated rings. The van der Waals surface area contributed by atoms with Crippen molar-refractivity contribution in [2.24, 2.45) is 0 Å². The van der Waals surface area contributed by atoms with Gasteiger partial charge in [0.25, 0.3) is 0 Å². The van der Waals surface area contributed by atoms with Crippen LogP contribution in [0.4, 0.5) is 11.5 Å². The van der Waals surface area contributed by atoms with E-state index in [4.69, 9.17) is 0 Å². The van der Waals surface area contributed by atoms with Crippen LogP contribution in [0.3, 0.4) is 0 Å². The van der Waals surface area contributed by atoms with Crippen LogP contribution in [0.15, 0.2) is 72.9 Å². The summed E-state index contributed by atoms with van der Waals surface area (Å²) in [4.78, 5) is 45.2. The van der Waals surface area contributed by atoms with Crippen LogP contribution in [-0.4, -0.2) is 33.4 Å². The van der Waals surface area contributed by atoms with Gasteiger partial charge >= 0.3 is 0 Å². The lowest BCUT2D eigenvalue weighted by Gasteiger charge is -2.34. The summed E-state index contributed by atoms with van der Waals surface area (Å²) in [6, 6.07) is 17.6. The van der Waals surface area contributed by atoms with Gasteiger partial charge in [-0.25, -0.2) is 4.98 Å². The summed E-state index contributed by atoms with van der Waals surface area (Å²) in [5, 5.41) is 15.4. The van der Waals surface area contributed by atoms with Gasteiger partial charge in [-0.15, -0.1) is 0 Å². The Balaban J connectivity index is 1.95. The van der Waals surface area contributed by atoms with Crippen molar-refractivity contribution in [2.45, 2.75) is 52.1 Å². The number of aryl methyl sites for hydroxylation is 1. The van der Waals surface area contributed by atoms with Gasteiger partial charge in [-0.3, -0.25) is 19.3 Å². The molecule has 0 aliphatic rings. The highest BCUT2D eigenvalue weighted by molar-refractivity contribution is 6.03. The van der Waals surface area contributed by atoms with Gasteiger partial charge in [0.15, 0.2) is 0 Å². The zero-order chi connectivity index (χ0) is 26.3. The summed E-state index contributed by atoms with van der Waals surface area (Å²) in [6.45, 7) is 7.48. The van der Waals surface area contributed by atoms with Crippen molar-refractivity contribution < 1.29 is 19.5 Å². The van der Waals surface area contributed by atoms with Crippen LogP contribution in [0.5, 0.6) is 5.75 Å². The van der Waals surface area contributed by atoms with Crippen molar-refractivity contribution in [3.63, 3.8) is 0 Å². The van der Waals surface area contributed by atoms with Gasteiger partial charge in [0.05, 0.1) is 0 Å². The Labute approximate surface area is 211 Å². The number of hydrogen-bond donors (Lipinski definition) is 3. The quantitative estimate of drug-likeness (QED) is 0.432. The Morgan fingerprint density at radius 3 is 2.31 bits per heavy atom. The molecule has 3 N–H and O–H groups in total. The van der Waals surface area contributed by atoms with Crippen molar-refractivity contribution in [3.05, 3.63) is 84.1 Å². The minimum Gasteiger partial charge on any atom is -0.508 e. The minimum atomic E-state index is -1.02. The maximum absolute atomic E-state index is 13.7. The van der Waals surface area contributed by atoms with E-state index in [-0.39, 0.29) is 36.3 Å². The summed E-state index contributed by atoms with van der Waals surface area (Å²) in [7, 11) is 0. The molecule has 2 aromatic carbocycles. The van der Waals surface area contributed by atoms with Crippen LogP contribution in [0.25, 0.3) is 0 Å². The van der Waals surface area contributed by atoms with E-state index < -0.39 is 11.6 Å². The van der Waals surface area contributed by atoms with Gasteiger partial charge in [0, 0.05) is 30.3 Å². The third-order valence-corrected chi connectivity index (χ3v) is 5.26. The Bertz CT molecular complexity index is 1200. The van der Waals surface area contributed by atoms with Gasteiger partial charge in [-0.2, -0.15) is 0 Å². The number of aromatic nitrogens is 1. The second-order valence-corrected chi connectivity index (χ2v) is 9.60. The van der Waals surface area contributed by atoms with E-state index >= 15 is 0 Å². The molecule has 0 aliphatic heterocycles. The number of nitrogens with one attached hydrogen (secondary N) is 2. The average Bonchev–Trinajstić information content (AvgIpc) is 2.81. The Kier molecular flexibility index (Phi) is 8.42. The molecule has 3 aromatic rings. The molecule has 0 radical (unpaired) electrons. The number of anilines is 2. The summed E-state index contributed by atoms with van der Waals surface area (Å²) in [6.07, 6.45) is 1.36. The van der Waals surface area contributed by atoms with Crippen LogP contribution in [-0.2, 0) is 14.4 Å². The fraction of sp³-hybridized carbons (Fsp3) is 0.286. The zero-order valence-electron chi connectivity index (χ0n) is 21.0. The highest BCUT2D eigenvalue weighted by Gasteiger charge is 2.34. The van der Waals surface area contributed by atoms with Crippen molar-refractivity contribution in [1.29, 1.82) is 0 Å². The number of rotatable bonds is 8. The lowest BCUT2D eigenvalue weighted by atomic mass is 9.99. The molecule has 0 saturated heterocycles. The van der Waals surface area contributed by atoms with Crippen LogP contribution in [0, 0.1) is 6.92 Å². The molecule has 0 aliphatic carbocycles. The number of nitrogens with zero attached hydrogens (tertiary/aromatic N) is 2. The van der Waals surface area contributed by atoms with Gasteiger partial charge in [0.1, 0.15) is 17.6 Å². The molecule has 1 heterocycles. The maximum atomic E-state index is 13.7. The third-order valence-electron chi connectivity index (χ3n) is 5.26. The smallest absolute Gasteiger partial charge is 0.248 e. The van der Waals surface area contributed by atoms with Crippen molar-refractivity contribution in [1.82, 2.24) is 10.3 Å². The van der Waals surface area contributed by atoms with Gasteiger partial charge in [-0.05, 0) is 75.2 Å². The predicted octanol–water partition coefficient (Wildman–Crippen LogP) is 4.50. The Morgan fingerprint density at radius 1 is 0.972 bits per heavy atom. The largest absolute Gasteiger partial charge is 0.508 e. The van der Waals surface area contributed by atoms with E-state index in [2.05, 4.69) is 15.6 Å². The number of carbonyl (C=O) groups excluding carboxylic acids is 3. The van der Waals surface area contributed by atoms with Crippen molar-refractivity contribution >= 4 is 29.2 Å². The second kappa shape index (κ2) is 11.5. The van der Waals surface area contributed by atoms with Gasteiger partial charge in [0.2, 0.25) is 17.7 Å². The van der Waals surface area contributed by atoms with Gasteiger partial charge in [-0.1, -0.05) is 30.3 Å². The van der Waals surface area contributed by atoms with Crippen LogP contribution >= 0.6 is 0 Å². The standard InChI is InChI=1S/C28H32N4O4/c1-19-8-7-9-21(18-19)32(25(35)16-15-24(34)30-23-10-5-6-17-29-23)26(27(36)31-28(2,3)4)20-11-13-22(33)14-12-20/h5-14,17-18,26,33H,15-16H2,1-4H3,(H,31,36)(H,29,30,34). The lowest BCUT2D eigenvalue weighted by molar-refractivity contribution is -0.128. The second-order valence-electron chi connectivity index (χ2n) is 9.60. The fourth-order valence-corrected chi connectivity index (χ4v) is 3.71. The molecular formula is C28H32N4O4. The highest BCUT2D eigenvalue weighted by Crippen LogP contribution is 2.31. The number of pyridine rings is 1. The van der Waals surface area contributed by atoms with Crippen molar-refractivity contribution in [2.75, 3.05) is 10.2 Å². The molecule has 0 bridgehead atoms. The molecule has 1 aromatic heterocycles. The number of phenols is 1. The molecular weight excluding hydrogens is 456 g/mol. The first-order chi connectivity index (χ1) is 17.0. The number of hydrogen-bond acceptors (Lipinski definition) is 5. The van der Waals surface area contributed by atoms with Crippen LogP contribution < -0.4 is 15.5 Å². The number of phenolic OH excluding ortho intramolecular Hbond substituents is 1. The van der Waals surface area contributed by atoms with Crippen LogP contribution in [0.1, 0.15) is 50.8 Å². The molecule has 8 heteroatoms. The van der Waals surface area contributed by atoms with E-state index in [1.807, 2.05) is 45.9 Å². The lowest BCUT2D eigenvalue weighted by Crippen LogP contribution is -2.49. The maximum Gasteiger partial charge on any atom is 0.248 e. The fourth-order valence-electron chi connectivity index (χ4n) is 3.71. The molecule has 0 spiro atoms. The van der Waals surface area contributed by atoms with E-state index in [1.54, 1.807) is 42.6 Å². The molecule has 1 atom stereocenters.